The lowest BCUT2D eigenvalue weighted by Gasteiger charge is -2.23. The molecule has 1 fully saturated rings. The summed E-state index contributed by atoms with van der Waals surface area (Å²) in [6.45, 7) is 7.74. The number of nitrogens with zero attached hydrogens (tertiary/aromatic N) is 1. The third-order valence-electron chi connectivity index (χ3n) is 5.06. The van der Waals surface area contributed by atoms with Gasteiger partial charge in [-0.15, -0.1) is 11.3 Å². The molecule has 0 saturated carbocycles. The minimum absolute atomic E-state index is 0.293. The average molecular weight is 432 g/mol. The van der Waals surface area contributed by atoms with Gasteiger partial charge in [0.05, 0.1) is 25.8 Å². The maximum atomic E-state index is 10.7. The molecule has 3 N–H and O–H groups in total. The van der Waals surface area contributed by atoms with Gasteiger partial charge in [-0.1, -0.05) is 30.3 Å². The lowest BCUT2D eigenvalue weighted by atomic mass is 10.1. The quantitative estimate of drug-likeness (QED) is 0.419. The van der Waals surface area contributed by atoms with Crippen LogP contribution in [0.25, 0.3) is 0 Å². The van der Waals surface area contributed by atoms with Crippen molar-refractivity contribution in [2.75, 3.05) is 26.3 Å². The molecule has 1 aromatic heterocycles. The first-order chi connectivity index (χ1) is 14.6. The monoisotopic (exact) mass is 431 g/mol. The molecule has 2 aromatic rings. The number of rotatable bonds is 9. The van der Waals surface area contributed by atoms with E-state index < -0.39 is 5.60 Å². The van der Waals surface area contributed by atoms with Gasteiger partial charge in [0.15, 0.2) is 5.96 Å². The SMILES string of the molecule is CCNC(=NCc1cccc(COC2CCOCC2)c1)NCC(C)(O)c1cccs1. The first kappa shape index (κ1) is 22.7. The summed E-state index contributed by atoms with van der Waals surface area (Å²) < 4.78 is 11.4. The smallest absolute Gasteiger partial charge is 0.191 e. The second-order valence-electron chi connectivity index (χ2n) is 7.74. The number of hydrogen-bond donors (Lipinski definition) is 3. The van der Waals surface area contributed by atoms with Gasteiger partial charge in [-0.3, -0.25) is 0 Å². The van der Waals surface area contributed by atoms with Crippen LogP contribution in [0.15, 0.2) is 46.8 Å². The van der Waals surface area contributed by atoms with Crippen molar-refractivity contribution in [3.05, 3.63) is 57.8 Å². The van der Waals surface area contributed by atoms with E-state index in [0.29, 0.717) is 31.8 Å². The van der Waals surface area contributed by atoms with E-state index in [2.05, 4.69) is 39.9 Å². The fourth-order valence-corrected chi connectivity index (χ4v) is 4.10. The summed E-state index contributed by atoms with van der Waals surface area (Å²) in [6.07, 6.45) is 2.23. The molecule has 0 amide bonds. The van der Waals surface area contributed by atoms with Crippen LogP contribution in [0.2, 0.25) is 0 Å². The van der Waals surface area contributed by atoms with E-state index in [4.69, 9.17) is 9.47 Å². The van der Waals surface area contributed by atoms with Gasteiger partial charge in [-0.25, -0.2) is 4.99 Å². The first-order valence-corrected chi connectivity index (χ1v) is 11.5. The van der Waals surface area contributed by atoms with Gasteiger partial charge in [0.25, 0.3) is 0 Å². The van der Waals surface area contributed by atoms with Gasteiger partial charge in [0.1, 0.15) is 5.60 Å². The highest BCUT2D eigenvalue weighted by atomic mass is 32.1. The Kier molecular flexibility index (Phi) is 8.69. The molecule has 0 radical (unpaired) electrons. The second kappa shape index (κ2) is 11.5. The highest BCUT2D eigenvalue weighted by Crippen LogP contribution is 2.24. The minimum atomic E-state index is -0.939. The zero-order valence-corrected chi connectivity index (χ0v) is 18.7. The molecule has 30 heavy (non-hydrogen) atoms. The van der Waals surface area contributed by atoms with Crippen molar-refractivity contribution in [1.82, 2.24) is 10.6 Å². The van der Waals surface area contributed by atoms with Crippen LogP contribution in [0.1, 0.15) is 42.7 Å². The van der Waals surface area contributed by atoms with Crippen molar-refractivity contribution in [3.63, 3.8) is 0 Å². The van der Waals surface area contributed by atoms with E-state index in [0.717, 1.165) is 48.6 Å². The standard InChI is InChI=1S/C23H33N3O3S/c1-3-24-22(26-17-23(2,27)21-8-5-13-30-21)25-15-18-6-4-7-19(14-18)16-29-20-9-11-28-12-10-20/h4-8,13-14,20,27H,3,9-12,15-17H2,1-2H3,(H2,24,25,26). The van der Waals surface area contributed by atoms with Gasteiger partial charge in [0.2, 0.25) is 0 Å². The number of guanidine groups is 1. The third-order valence-corrected chi connectivity index (χ3v) is 6.18. The molecule has 1 unspecified atom stereocenters. The topological polar surface area (TPSA) is 75.1 Å². The molecule has 1 atom stereocenters. The summed E-state index contributed by atoms with van der Waals surface area (Å²) in [4.78, 5) is 5.62. The zero-order valence-electron chi connectivity index (χ0n) is 17.9. The van der Waals surface area contributed by atoms with Crippen molar-refractivity contribution in [1.29, 1.82) is 0 Å². The van der Waals surface area contributed by atoms with Gasteiger partial charge in [0, 0.05) is 24.6 Å². The predicted octanol–water partition coefficient (Wildman–Crippen LogP) is 3.41. The maximum Gasteiger partial charge on any atom is 0.191 e. The molecule has 1 saturated heterocycles. The van der Waals surface area contributed by atoms with E-state index in [9.17, 15) is 5.11 Å². The van der Waals surface area contributed by atoms with E-state index >= 15 is 0 Å². The summed E-state index contributed by atoms with van der Waals surface area (Å²) in [6, 6.07) is 12.3. The Balaban J connectivity index is 1.54. The molecule has 1 aliphatic heterocycles. The van der Waals surface area contributed by atoms with E-state index in [1.54, 1.807) is 11.3 Å². The van der Waals surface area contributed by atoms with Gasteiger partial charge in [-0.05, 0) is 49.3 Å². The molecule has 1 aromatic carbocycles. The lowest BCUT2D eigenvalue weighted by Crippen LogP contribution is -2.44. The van der Waals surface area contributed by atoms with Crippen LogP contribution in [0.4, 0.5) is 0 Å². The summed E-state index contributed by atoms with van der Waals surface area (Å²) in [7, 11) is 0. The van der Waals surface area contributed by atoms with Crippen LogP contribution >= 0.6 is 11.3 Å². The Morgan fingerprint density at radius 3 is 2.77 bits per heavy atom. The van der Waals surface area contributed by atoms with Crippen molar-refractivity contribution < 1.29 is 14.6 Å². The number of aliphatic imine (C=N–C) groups is 1. The van der Waals surface area contributed by atoms with Gasteiger partial charge >= 0.3 is 0 Å². The molecule has 2 heterocycles. The number of thiophene rings is 1. The number of ether oxygens (including phenoxy) is 2. The molecule has 0 bridgehead atoms. The van der Waals surface area contributed by atoms with Crippen molar-refractivity contribution in [3.8, 4) is 0 Å². The maximum absolute atomic E-state index is 10.7. The molecular formula is C23H33N3O3S. The van der Waals surface area contributed by atoms with Crippen molar-refractivity contribution >= 4 is 17.3 Å². The summed E-state index contributed by atoms with van der Waals surface area (Å²) in [5.41, 5.74) is 1.35. The van der Waals surface area contributed by atoms with E-state index in [-0.39, 0.29) is 0 Å². The van der Waals surface area contributed by atoms with Crippen molar-refractivity contribution in [2.24, 2.45) is 4.99 Å². The molecule has 0 aliphatic carbocycles. The molecule has 3 rings (SSSR count). The summed E-state index contributed by atoms with van der Waals surface area (Å²) in [5, 5.41) is 19.2. The highest BCUT2D eigenvalue weighted by molar-refractivity contribution is 7.10. The Labute approximate surface area is 183 Å². The molecular weight excluding hydrogens is 398 g/mol. The average Bonchev–Trinajstić information content (AvgIpc) is 3.31. The molecule has 7 heteroatoms. The van der Waals surface area contributed by atoms with Gasteiger partial charge < -0.3 is 25.2 Å². The predicted molar refractivity (Wildman–Crippen MR) is 122 cm³/mol. The summed E-state index contributed by atoms with van der Waals surface area (Å²) in [5.74, 6) is 0.693. The largest absolute Gasteiger partial charge is 0.383 e. The fraction of sp³-hybridized carbons (Fsp3) is 0.522. The van der Waals surface area contributed by atoms with Crippen LogP contribution in [0.3, 0.4) is 0 Å². The highest BCUT2D eigenvalue weighted by Gasteiger charge is 2.24. The van der Waals surface area contributed by atoms with Crippen LogP contribution < -0.4 is 10.6 Å². The third kappa shape index (κ3) is 7.09. The molecule has 1 aliphatic rings. The minimum Gasteiger partial charge on any atom is -0.383 e. The van der Waals surface area contributed by atoms with E-state index in [1.165, 1.54) is 0 Å². The normalized spacial score (nSPS) is 17.5. The second-order valence-corrected chi connectivity index (χ2v) is 8.69. The zero-order chi connectivity index (χ0) is 21.2. The van der Waals surface area contributed by atoms with Gasteiger partial charge in [-0.2, -0.15) is 0 Å². The number of aliphatic hydroxyl groups is 1. The van der Waals surface area contributed by atoms with Crippen molar-refractivity contribution in [2.45, 2.75) is 51.5 Å². The molecule has 164 valence electrons. The Hall–Kier alpha value is -1.93. The Morgan fingerprint density at radius 2 is 2.03 bits per heavy atom. The van der Waals surface area contributed by atoms with Crippen LogP contribution in [0.5, 0.6) is 0 Å². The Morgan fingerprint density at radius 1 is 1.23 bits per heavy atom. The summed E-state index contributed by atoms with van der Waals surface area (Å²) >= 11 is 1.55. The lowest BCUT2D eigenvalue weighted by molar-refractivity contribution is -0.0390. The number of hydrogen-bond acceptors (Lipinski definition) is 5. The van der Waals surface area contributed by atoms with Crippen LogP contribution in [-0.4, -0.2) is 43.5 Å². The Bertz CT molecular complexity index is 787. The van der Waals surface area contributed by atoms with Crippen LogP contribution in [-0.2, 0) is 28.2 Å². The van der Waals surface area contributed by atoms with Crippen LogP contribution in [0, 0.1) is 0 Å². The number of benzene rings is 1. The van der Waals surface area contributed by atoms with E-state index in [1.807, 2.05) is 31.4 Å². The molecule has 6 nitrogen and oxygen atoms in total. The molecule has 0 spiro atoms. The fourth-order valence-electron chi connectivity index (χ4n) is 3.31. The first-order valence-electron chi connectivity index (χ1n) is 10.6. The number of nitrogens with one attached hydrogen (secondary N) is 2.